The van der Waals surface area contributed by atoms with Crippen LogP contribution in [-0.4, -0.2) is 40.5 Å². The van der Waals surface area contributed by atoms with Gasteiger partial charge in [-0.25, -0.2) is 9.97 Å². The van der Waals surface area contributed by atoms with E-state index >= 15 is 0 Å². The Hall–Kier alpha value is -1.20. The average Bonchev–Trinajstić information content (AvgIpc) is 2.91. The molecule has 0 spiro atoms. The molecule has 4 nitrogen and oxygen atoms in total. The Kier molecular flexibility index (Phi) is 5.23. The number of piperidine rings is 1. The SMILES string of the molecule is Cc1sc2nc(NC3CCN(CC4CCCCC4)CC3)ncc2c1C. The lowest BCUT2D eigenvalue weighted by atomic mass is 9.88. The van der Waals surface area contributed by atoms with Crippen molar-refractivity contribution in [2.75, 3.05) is 25.0 Å². The molecule has 2 aliphatic rings. The van der Waals surface area contributed by atoms with Crippen LogP contribution in [0, 0.1) is 19.8 Å². The molecule has 1 saturated heterocycles. The molecule has 2 aromatic heterocycles. The molecule has 136 valence electrons. The Morgan fingerprint density at radius 2 is 1.88 bits per heavy atom. The number of anilines is 1. The zero-order chi connectivity index (χ0) is 17.2. The Labute approximate surface area is 155 Å². The number of aryl methyl sites for hydroxylation is 2. The van der Waals surface area contributed by atoms with Crippen LogP contribution >= 0.6 is 11.3 Å². The zero-order valence-corrected chi connectivity index (χ0v) is 16.4. The molecule has 1 saturated carbocycles. The summed E-state index contributed by atoms with van der Waals surface area (Å²) in [7, 11) is 0. The maximum absolute atomic E-state index is 4.75. The fraction of sp³-hybridized carbons (Fsp3) is 0.700. The van der Waals surface area contributed by atoms with Crippen molar-refractivity contribution in [1.29, 1.82) is 0 Å². The summed E-state index contributed by atoms with van der Waals surface area (Å²) in [4.78, 5) is 14.4. The van der Waals surface area contributed by atoms with Crippen LogP contribution in [0.2, 0.25) is 0 Å². The summed E-state index contributed by atoms with van der Waals surface area (Å²) in [6, 6.07) is 0.516. The van der Waals surface area contributed by atoms with Crippen LogP contribution in [0.15, 0.2) is 6.20 Å². The van der Waals surface area contributed by atoms with Crippen LogP contribution in [0.5, 0.6) is 0 Å². The van der Waals surface area contributed by atoms with Gasteiger partial charge in [-0.15, -0.1) is 11.3 Å². The van der Waals surface area contributed by atoms with Crippen molar-refractivity contribution in [2.45, 2.75) is 64.8 Å². The Bertz CT molecular complexity index is 712. The van der Waals surface area contributed by atoms with Gasteiger partial charge < -0.3 is 10.2 Å². The summed E-state index contributed by atoms with van der Waals surface area (Å²) in [6.07, 6.45) is 11.6. The highest BCUT2D eigenvalue weighted by Crippen LogP contribution is 2.29. The average molecular weight is 359 g/mol. The van der Waals surface area contributed by atoms with E-state index in [1.165, 1.54) is 80.4 Å². The minimum absolute atomic E-state index is 0.516. The summed E-state index contributed by atoms with van der Waals surface area (Å²) in [6.45, 7) is 8.08. The normalized spacial score (nSPS) is 21.0. The zero-order valence-electron chi connectivity index (χ0n) is 15.6. The molecule has 1 aliphatic heterocycles. The lowest BCUT2D eigenvalue weighted by molar-refractivity contribution is 0.168. The summed E-state index contributed by atoms with van der Waals surface area (Å²) in [5, 5.41) is 4.79. The van der Waals surface area contributed by atoms with Crippen LogP contribution in [0.25, 0.3) is 10.2 Å². The van der Waals surface area contributed by atoms with Crippen molar-refractivity contribution < 1.29 is 0 Å². The lowest BCUT2D eigenvalue weighted by Gasteiger charge is -2.35. The topological polar surface area (TPSA) is 41.1 Å². The predicted molar refractivity (Wildman–Crippen MR) is 107 cm³/mol. The first-order valence-corrected chi connectivity index (χ1v) is 10.7. The number of hydrogen-bond acceptors (Lipinski definition) is 5. The molecule has 1 N–H and O–H groups in total. The smallest absolute Gasteiger partial charge is 0.224 e. The van der Waals surface area contributed by atoms with Gasteiger partial charge in [0.1, 0.15) is 4.83 Å². The number of nitrogens with zero attached hydrogens (tertiary/aromatic N) is 3. The van der Waals surface area contributed by atoms with Gasteiger partial charge in [0.05, 0.1) is 0 Å². The lowest BCUT2D eigenvalue weighted by Crippen LogP contribution is -2.41. The molecule has 0 atom stereocenters. The minimum atomic E-state index is 0.516. The predicted octanol–water partition coefficient (Wildman–Crippen LogP) is 4.76. The van der Waals surface area contributed by atoms with E-state index in [0.29, 0.717) is 6.04 Å². The number of likely N-dealkylation sites (tertiary alicyclic amines) is 1. The summed E-state index contributed by atoms with van der Waals surface area (Å²) >= 11 is 1.78. The number of aromatic nitrogens is 2. The third-order valence-electron chi connectivity index (χ3n) is 6.10. The standard InChI is InChI=1S/C20H30N4S/c1-14-15(2)25-19-18(14)12-21-20(23-19)22-17-8-10-24(11-9-17)13-16-6-4-3-5-7-16/h12,16-17H,3-11,13H2,1-2H3,(H,21,22,23). The van der Waals surface area contributed by atoms with Crippen molar-refractivity contribution in [2.24, 2.45) is 5.92 Å². The van der Waals surface area contributed by atoms with Gasteiger partial charge >= 0.3 is 0 Å². The van der Waals surface area contributed by atoms with E-state index < -0.39 is 0 Å². The molecule has 2 fully saturated rings. The third kappa shape index (κ3) is 3.98. The second kappa shape index (κ2) is 7.58. The van der Waals surface area contributed by atoms with E-state index in [0.717, 1.165) is 16.7 Å². The number of fused-ring (bicyclic) bond motifs is 1. The molecule has 5 heteroatoms. The molecule has 0 amide bonds. The fourth-order valence-electron chi connectivity index (χ4n) is 4.36. The highest BCUT2D eigenvalue weighted by atomic mass is 32.1. The fourth-order valence-corrected chi connectivity index (χ4v) is 5.36. The monoisotopic (exact) mass is 358 g/mol. The Balaban J connectivity index is 1.31. The van der Waals surface area contributed by atoms with Crippen LogP contribution in [0.4, 0.5) is 5.95 Å². The maximum atomic E-state index is 4.75. The van der Waals surface area contributed by atoms with Crippen LogP contribution in [0.3, 0.4) is 0 Å². The first-order valence-electron chi connectivity index (χ1n) is 9.90. The second-order valence-electron chi connectivity index (χ2n) is 7.92. The highest BCUT2D eigenvalue weighted by Gasteiger charge is 2.23. The number of thiophene rings is 1. The van der Waals surface area contributed by atoms with Gasteiger partial charge in [0.25, 0.3) is 0 Å². The van der Waals surface area contributed by atoms with Crippen LogP contribution in [0.1, 0.15) is 55.4 Å². The van der Waals surface area contributed by atoms with Gasteiger partial charge in [0.15, 0.2) is 0 Å². The number of rotatable bonds is 4. The van der Waals surface area contributed by atoms with Gasteiger partial charge in [-0.2, -0.15) is 0 Å². The second-order valence-corrected chi connectivity index (χ2v) is 9.12. The number of hydrogen-bond donors (Lipinski definition) is 1. The molecule has 0 aromatic carbocycles. The van der Waals surface area contributed by atoms with E-state index in [-0.39, 0.29) is 0 Å². The minimum Gasteiger partial charge on any atom is -0.351 e. The van der Waals surface area contributed by atoms with Gasteiger partial charge in [-0.05, 0) is 51.0 Å². The summed E-state index contributed by atoms with van der Waals surface area (Å²) in [5.74, 6) is 1.76. The van der Waals surface area contributed by atoms with Crippen molar-refractivity contribution in [3.63, 3.8) is 0 Å². The molecule has 2 aromatic rings. The molecule has 25 heavy (non-hydrogen) atoms. The van der Waals surface area contributed by atoms with E-state index in [4.69, 9.17) is 4.98 Å². The first-order chi connectivity index (χ1) is 12.2. The van der Waals surface area contributed by atoms with E-state index in [2.05, 4.69) is 29.0 Å². The van der Waals surface area contributed by atoms with Gasteiger partial charge in [-0.1, -0.05) is 19.3 Å². The Morgan fingerprint density at radius 3 is 2.64 bits per heavy atom. The summed E-state index contributed by atoms with van der Waals surface area (Å²) in [5.41, 5.74) is 1.32. The van der Waals surface area contributed by atoms with Gasteiger partial charge in [0.2, 0.25) is 5.95 Å². The van der Waals surface area contributed by atoms with Gasteiger partial charge in [0, 0.05) is 42.1 Å². The third-order valence-corrected chi connectivity index (χ3v) is 7.21. The van der Waals surface area contributed by atoms with Crippen molar-refractivity contribution in [3.8, 4) is 0 Å². The molecule has 1 aliphatic carbocycles. The number of nitrogens with one attached hydrogen (secondary N) is 1. The largest absolute Gasteiger partial charge is 0.351 e. The van der Waals surface area contributed by atoms with E-state index in [1.807, 2.05) is 6.20 Å². The molecule has 0 bridgehead atoms. The highest BCUT2D eigenvalue weighted by molar-refractivity contribution is 7.18. The van der Waals surface area contributed by atoms with Gasteiger partial charge in [-0.3, -0.25) is 0 Å². The summed E-state index contributed by atoms with van der Waals surface area (Å²) < 4.78 is 0. The van der Waals surface area contributed by atoms with Crippen molar-refractivity contribution in [3.05, 3.63) is 16.6 Å². The molecule has 3 heterocycles. The van der Waals surface area contributed by atoms with Crippen LogP contribution < -0.4 is 5.32 Å². The molecular formula is C20H30N4S. The molecule has 0 radical (unpaired) electrons. The maximum Gasteiger partial charge on any atom is 0.224 e. The van der Waals surface area contributed by atoms with Crippen molar-refractivity contribution >= 4 is 27.5 Å². The van der Waals surface area contributed by atoms with Crippen LogP contribution in [-0.2, 0) is 0 Å². The quantitative estimate of drug-likeness (QED) is 0.855. The molecular weight excluding hydrogens is 328 g/mol. The molecule has 0 unspecified atom stereocenters. The van der Waals surface area contributed by atoms with E-state index in [9.17, 15) is 0 Å². The van der Waals surface area contributed by atoms with E-state index in [1.54, 1.807) is 11.3 Å². The molecule has 4 rings (SSSR count). The van der Waals surface area contributed by atoms with Crippen molar-refractivity contribution in [1.82, 2.24) is 14.9 Å². The first kappa shape index (κ1) is 17.2. The Morgan fingerprint density at radius 1 is 1.12 bits per heavy atom.